The van der Waals surface area contributed by atoms with E-state index in [2.05, 4.69) is 38.2 Å². The van der Waals surface area contributed by atoms with E-state index in [0.717, 1.165) is 29.6 Å². The molecule has 0 saturated carbocycles. The number of nitrogens with zero attached hydrogens (tertiary/aromatic N) is 1. The molecule has 0 fully saturated rings. The van der Waals surface area contributed by atoms with Gasteiger partial charge in [-0.2, -0.15) is 0 Å². The lowest BCUT2D eigenvalue weighted by Crippen LogP contribution is -2.26. The first-order chi connectivity index (χ1) is 8.99. The Bertz CT molecular complexity index is 683. The molecule has 0 amide bonds. The van der Waals surface area contributed by atoms with Crippen LogP contribution in [-0.2, 0) is 13.5 Å². The van der Waals surface area contributed by atoms with E-state index in [-0.39, 0.29) is 5.56 Å². The summed E-state index contributed by atoms with van der Waals surface area (Å²) in [4.78, 5) is 12.5. The molecule has 19 heavy (non-hydrogen) atoms. The molecule has 0 aliphatic rings. The molecule has 3 heteroatoms. The minimum Gasteiger partial charge on any atom is -0.319 e. The summed E-state index contributed by atoms with van der Waals surface area (Å²) in [6.45, 7) is 7.06. The predicted molar refractivity (Wildman–Crippen MR) is 81.0 cm³/mol. The van der Waals surface area contributed by atoms with Gasteiger partial charge >= 0.3 is 0 Å². The Balaban J connectivity index is 2.84. The van der Waals surface area contributed by atoms with Gasteiger partial charge in [0.1, 0.15) is 0 Å². The molecule has 2 rings (SSSR count). The van der Waals surface area contributed by atoms with Gasteiger partial charge in [-0.3, -0.25) is 4.79 Å². The SMILES string of the molecule is CNCCc1c(C)c2ccc(C)c(C)c2n(C)c1=O. The molecule has 0 spiro atoms. The highest BCUT2D eigenvalue weighted by Gasteiger charge is 2.13. The van der Waals surface area contributed by atoms with Crippen molar-refractivity contribution >= 4 is 10.9 Å². The molecule has 1 N–H and O–H groups in total. The van der Waals surface area contributed by atoms with Gasteiger partial charge in [-0.1, -0.05) is 12.1 Å². The van der Waals surface area contributed by atoms with Gasteiger partial charge in [0.15, 0.2) is 0 Å². The van der Waals surface area contributed by atoms with E-state index >= 15 is 0 Å². The second kappa shape index (κ2) is 5.17. The van der Waals surface area contributed by atoms with Crippen molar-refractivity contribution in [1.29, 1.82) is 0 Å². The van der Waals surface area contributed by atoms with E-state index in [1.807, 2.05) is 14.1 Å². The molecule has 2 aromatic rings. The fourth-order valence-corrected chi connectivity index (χ4v) is 2.71. The normalized spacial score (nSPS) is 11.2. The lowest BCUT2D eigenvalue weighted by molar-refractivity contribution is 0.767. The van der Waals surface area contributed by atoms with Crippen LogP contribution in [-0.4, -0.2) is 18.2 Å². The van der Waals surface area contributed by atoms with E-state index in [0.29, 0.717) is 0 Å². The van der Waals surface area contributed by atoms with Crippen LogP contribution in [0.4, 0.5) is 0 Å². The van der Waals surface area contributed by atoms with Crippen molar-refractivity contribution in [2.45, 2.75) is 27.2 Å². The zero-order chi connectivity index (χ0) is 14.2. The van der Waals surface area contributed by atoms with Crippen LogP contribution in [0.15, 0.2) is 16.9 Å². The zero-order valence-electron chi connectivity index (χ0n) is 12.4. The Labute approximate surface area is 114 Å². The molecule has 1 aromatic heterocycles. The molecular formula is C16H22N2O. The molecule has 0 unspecified atom stereocenters. The van der Waals surface area contributed by atoms with Gasteiger partial charge in [0.2, 0.25) is 0 Å². The molecular weight excluding hydrogens is 236 g/mol. The maximum atomic E-state index is 12.5. The standard InChI is InChI=1S/C16H22N2O/c1-10-6-7-13-12(3)14(8-9-17-4)16(19)18(5)15(13)11(10)2/h6-7,17H,8-9H2,1-5H3. The molecule has 1 heterocycles. The van der Waals surface area contributed by atoms with Gasteiger partial charge in [0.05, 0.1) is 5.52 Å². The number of likely N-dealkylation sites (N-methyl/N-ethyl adjacent to an activating group) is 1. The topological polar surface area (TPSA) is 34.0 Å². The number of rotatable bonds is 3. The van der Waals surface area contributed by atoms with E-state index < -0.39 is 0 Å². The highest BCUT2D eigenvalue weighted by molar-refractivity contribution is 5.87. The molecule has 0 atom stereocenters. The van der Waals surface area contributed by atoms with Crippen molar-refractivity contribution in [1.82, 2.24) is 9.88 Å². The summed E-state index contributed by atoms with van der Waals surface area (Å²) in [6.07, 6.45) is 0.776. The third-order valence-corrected chi connectivity index (χ3v) is 4.08. The van der Waals surface area contributed by atoms with Crippen LogP contribution >= 0.6 is 0 Å². The minimum atomic E-state index is 0.133. The lowest BCUT2D eigenvalue weighted by atomic mass is 9.97. The molecule has 0 saturated heterocycles. The number of pyridine rings is 1. The summed E-state index contributed by atoms with van der Waals surface area (Å²) in [5.74, 6) is 0. The second-order valence-electron chi connectivity index (χ2n) is 5.22. The molecule has 102 valence electrons. The van der Waals surface area contributed by atoms with E-state index in [1.165, 1.54) is 16.5 Å². The number of aryl methyl sites for hydroxylation is 4. The highest BCUT2D eigenvalue weighted by Crippen LogP contribution is 2.24. The monoisotopic (exact) mass is 258 g/mol. The number of hydrogen-bond donors (Lipinski definition) is 1. The maximum absolute atomic E-state index is 12.5. The van der Waals surface area contributed by atoms with Crippen LogP contribution in [0.5, 0.6) is 0 Å². The fraction of sp³-hybridized carbons (Fsp3) is 0.438. The van der Waals surface area contributed by atoms with Gasteiger partial charge in [-0.15, -0.1) is 0 Å². The number of fused-ring (bicyclic) bond motifs is 1. The zero-order valence-corrected chi connectivity index (χ0v) is 12.4. The van der Waals surface area contributed by atoms with Gasteiger partial charge < -0.3 is 9.88 Å². The van der Waals surface area contributed by atoms with Gasteiger partial charge in [-0.05, 0) is 57.5 Å². The van der Waals surface area contributed by atoms with Crippen molar-refractivity contribution in [2.75, 3.05) is 13.6 Å². The van der Waals surface area contributed by atoms with Gasteiger partial charge in [0.25, 0.3) is 5.56 Å². The molecule has 0 bridgehead atoms. The molecule has 0 aliphatic heterocycles. The van der Waals surface area contributed by atoms with Gasteiger partial charge in [0, 0.05) is 18.0 Å². The molecule has 0 radical (unpaired) electrons. The Kier molecular flexibility index (Phi) is 3.76. The maximum Gasteiger partial charge on any atom is 0.254 e. The molecule has 1 aromatic carbocycles. The second-order valence-corrected chi connectivity index (χ2v) is 5.22. The Hall–Kier alpha value is -1.61. The van der Waals surface area contributed by atoms with Crippen LogP contribution in [0.3, 0.4) is 0 Å². The Morgan fingerprint density at radius 1 is 1.16 bits per heavy atom. The molecule has 3 nitrogen and oxygen atoms in total. The minimum absolute atomic E-state index is 0.133. The van der Waals surface area contributed by atoms with E-state index in [1.54, 1.807) is 4.57 Å². The number of nitrogens with one attached hydrogen (secondary N) is 1. The Morgan fingerprint density at radius 2 is 1.84 bits per heavy atom. The average molecular weight is 258 g/mol. The van der Waals surface area contributed by atoms with Gasteiger partial charge in [-0.25, -0.2) is 0 Å². The van der Waals surface area contributed by atoms with Crippen LogP contribution in [0.1, 0.15) is 22.3 Å². The summed E-state index contributed by atoms with van der Waals surface area (Å²) < 4.78 is 1.80. The van der Waals surface area contributed by atoms with Crippen LogP contribution in [0.2, 0.25) is 0 Å². The van der Waals surface area contributed by atoms with Crippen LogP contribution in [0, 0.1) is 20.8 Å². The van der Waals surface area contributed by atoms with Crippen molar-refractivity contribution in [3.63, 3.8) is 0 Å². The smallest absolute Gasteiger partial charge is 0.254 e. The third-order valence-electron chi connectivity index (χ3n) is 4.08. The Morgan fingerprint density at radius 3 is 2.47 bits per heavy atom. The highest BCUT2D eigenvalue weighted by atomic mass is 16.1. The van der Waals surface area contributed by atoms with Crippen molar-refractivity contribution in [3.8, 4) is 0 Å². The van der Waals surface area contributed by atoms with Crippen molar-refractivity contribution < 1.29 is 0 Å². The van der Waals surface area contributed by atoms with E-state index in [4.69, 9.17) is 0 Å². The first-order valence-electron chi connectivity index (χ1n) is 6.72. The lowest BCUT2D eigenvalue weighted by Gasteiger charge is -2.16. The predicted octanol–water partition coefficient (Wildman–Crippen LogP) is 2.23. The summed E-state index contributed by atoms with van der Waals surface area (Å²) in [5.41, 5.74) is 5.67. The average Bonchev–Trinajstić information content (AvgIpc) is 2.39. The van der Waals surface area contributed by atoms with Crippen LogP contribution in [0.25, 0.3) is 10.9 Å². The van der Waals surface area contributed by atoms with E-state index in [9.17, 15) is 4.79 Å². The van der Waals surface area contributed by atoms with Crippen LogP contribution < -0.4 is 10.9 Å². The molecule has 0 aliphatic carbocycles. The summed E-state index contributed by atoms with van der Waals surface area (Å²) in [6, 6.07) is 4.27. The van der Waals surface area contributed by atoms with Crippen molar-refractivity contribution in [2.24, 2.45) is 7.05 Å². The largest absolute Gasteiger partial charge is 0.319 e. The third kappa shape index (κ3) is 2.19. The number of benzene rings is 1. The number of aromatic nitrogens is 1. The number of hydrogen-bond acceptors (Lipinski definition) is 2. The quantitative estimate of drug-likeness (QED) is 0.916. The summed E-state index contributed by atoms with van der Waals surface area (Å²) >= 11 is 0. The first kappa shape index (κ1) is 13.8. The fourth-order valence-electron chi connectivity index (χ4n) is 2.71. The van der Waals surface area contributed by atoms with Crippen molar-refractivity contribution in [3.05, 3.63) is 44.7 Å². The first-order valence-corrected chi connectivity index (χ1v) is 6.72. The summed E-state index contributed by atoms with van der Waals surface area (Å²) in [5, 5.41) is 4.30. The summed E-state index contributed by atoms with van der Waals surface area (Å²) in [7, 11) is 3.79.